The van der Waals surface area contributed by atoms with Crippen molar-refractivity contribution < 1.29 is 18.0 Å². The maximum atomic E-state index is 12.0. The van der Waals surface area contributed by atoms with Gasteiger partial charge < -0.3 is 10.2 Å². The summed E-state index contributed by atoms with van der Waals surface area (Å²) < 4.78 is 26.5. The minimum absolute atomic E-state index is 0.0879. The molecule has 0 aliphatic carbocycles. The first kappa shape index (κ1) is 16.0. The number of aryl methyl sites for hydroxylation is 1. The number of hydrogen-bond donors (Lipinski definition) is 3. The van der Waals surface area contributed by atoms with Gasteiger partial charge in [-0.3, -0.25) is 4.79 Å². The lowest BCUT2D eigenvalue weighted by Crippen LogP contribution is -2.25. The van der Waals surface area contributed by atoms with E-state index in [4.69, 9.17) is 5.90 Å². The molecular weight excluding hydrogens is 292 g/mol. The van der Waals surface area contributed by atoms with Crippen LogP contribution in [0.1, 0.15) is 19.0 Å². The molecule has 1 rings (SSSR count). The Labute approximate surface area is 115 Å². The molecule has 1 heterocycles. The Bertz CT molecular complexity index is 540. The number of carbonyl (C=O) groups is 1. The molecule has 0 radical (unpaired) electrons. The van der Waals surface area contributed by atoms with Crippen LogP contribution in [-0.2, 0) is 19.7 Å². The predicted molar refractivity (Wildman–Crippen MR) is 71.1 cm³/mol. The molecule has 0 unspecified atom stereocenters. The van der Waals surface area contributed by atoms with Crippen LogP contribution in [0.4, 0.5) is 5.13 Å². The zero-order valence-corrected chi connectivity index (χ0v) is 12.2. The Morgan fingerprint density at radius 2 is 2.21 bits per heavy atom. The van der Waals surface area contributed by atoms with E-state index in [0.717, 1.165) is 11.3 Å². The Hall–Kier alpha value is -1.07. The molecule has 0 spiro atoms. The van der Waals surface area contributed by atoms with Crippen molar-refractivity contribution in [3.8, 4) is 0 Å². The zero-order chi connectivity index (χ0) is 14.5. The number of thiazole rings is 1. The van der Waals surface area contributed by atoms with Crippen LogP contribution in [0.15, 0.2) is 4.21 Å². The molecule has 0 saturated carbocycles. The lowest BCUT2D eigenvalue weighted by atomic mass is 10.5. The summed E-state index contributed by atoms with van der Waals surface area (Å²) in [6.45, 7) is 3.38. The molecule has 19 heavy (non-hydrogen) atoms. The van der Waals surface area contributed by atoms with Gasteiger partial charge in [0, 0.05) is 13.5 Å². The van der Waals surface area contributed by atoms with Gasteiger partial charge in [-0.15, -0.1) is 0 Å². The summed E-state index contributed by atoms with van der Waals surface area (Å²) in [6, 6.07) is 0. The quantitative estimate of drug-likeness (QED) is 0.480. The van der Waals surface area contributed by atoms with Gasteiger partial charge in [0.05, 0.1) is 12.3 Å². The Morgan fingerprint density at radius 3 is 2.79 bits per heavy atom. The molecule has 0 atom stereocenters. The van der Waals surface area contributed by atoms with Crippen LogP contribution in [0.25, 0.3) is 0 Å². The molecular formula is C9H16N4O4S2. The lowest BCUT2D eigenvalue weighted by molar-refractivity contribution is -0.114. The summed E-state index contributed by atoms with van der Waals surface area (Å²) in [5, 5.41) is 2.71. The van der Waals surface area contributed by atoms with Gasteiger partial charge in [-0.1, -0.05) is 11.3 Å². The van der Waals surface area contributed by atoms with E-state index in [9.17, 15) is 13.2 Å². The third-order valence-corrected chi connectivity index (χ3v) is 5.16. The minimum Gasteiger partial charge on any atom is -0.305 e. The van der Waals surface area contributed by atoms with E-state index in [2.05, 4.69) is 19.9 Å². The number of anilines is 1. The Balaban J connectivity index is 2.77. The van der Waals surface area contributed by atoms with Gasteiger partial charge in [0.1, 0.15) is 0 Å². The topological polar surface area (TPSA) is 123 Å². The van der Waals surface area contributed by atoms with Gasteiger partial charge in [0.25, 0.3) is 10.0 Å². The van der Waals surface area contributed by atoms with Crippen LogP contribution >= 0.6 is 11.3 Å². The van der Waals surface area contributed by atoms with Crippen molar-refractivity contribution in [3.63, 3.8) is 0 Å². The second-order valence-corrected chi connectivity index (χ2v) is 6.66. The van der Waals surface area contributed by atoms with Gasteiger partial charge >= 0.3 is 0 Å². The fraction of sp³-hybridized carbons (Fsp3) is 0.556. The van der Waals surface area contributed by atoms with Crippen molar-refractivity contribution in [1.29, 1.82) is 0 Å². The summed E-state index contributed by atoms with van der Waals surface area (Å²) >= 11 is 0.909. The summed E-state index contributed by atoms with van der Waals surface area (Å²) in [5.41, 5.74) is 0.344. The second kappa shape index (κ2) is 6.91. The van der Waals surface area contributed by atoms with E-state index in [1.165, 1.54) is 6.92 Å². The van der Waals surface area contributed by atoms with Gasteiger partial charge in [0.2, 0.25) is 5.91 Å². The standard InChI is InChI=1S/C9H16N4O4S2/c1-6-8(18-9(12-6)13-7(2)14)19(15,16)11-4-3-5-17-10/h11H,3-5,10H2,1-2H3,(H,12,13,14). The van der Waals surface area contributed by atoms with Crippen LogP contribution in [0, 0.1) is 6.92 Å². The molecule has 0 saturated heterocycles. The fourth-order valence-electron chi connectivity index (χ4n) is 1.26. The summed E-state index contributed by atoms with van der Waals surface area (Å²) in [7, 11) is -3.63. The number of rotatable bonds is 7. The SMILES string of the molecule is CC(=O)Nc1nc(C)c(S(=O)(=O)NCCCON)s1. The van der Waals surface area contributed by atoms with Crippen LogP contribution in [-0.4, -0.2) is 32.5 Å². The molecule has 108 valence electrons. The van der Waals surface area contributed by atoms with Crippen molar-refractivity contribution in [1.82, 2.24) is 9.71 Å². The van der Waals surface area contributed by atoms with Crippen LogP contribution in [0.2, 0.25) is 0 Å². The monoisotopic (exact) mass is 308 g/mol. The first-order valence-electron chi connectivity index (χ1n) is 5.43. The molecule has 4 N–H and O–H groups in total. The van der Waals surface area contributed by atoms with Crippen molar-refractivity contribution in [3.05, 3.63) is 5.69 Å². The average Bonchev–Trinajstić information content (AvgIpc) is 2.65. The molecule has 0 aliphatic rings. The molecule has 1 aromatic rings. The molecule has 8 nitrogen and oxygen atoms in total. The second-order valence-electron chi connectivity index (χ2n) is 3.70. The Kier molecular flexibility index (Phi) is 5.82. The number of aromatic nitrogens is 1. The maximum absolute atomic E-state index is 12.0. The predicted octanol–water partition coefficient (Wildman–Crippen LogP) is -0.0314. The van der Waals surface area contributed by atoms with E-state index < -0.39 is 10.0 Å². The maximum Gasteiger partial charge on any atom is 0.252 e. The number of sulfonamides is 1. The largest absolute Gasteiger partial charge is 0.305 e. The number of hydrogen-bond acceptors (Lipinski definition) is 7. The van der Waals surface area contributed by atoms with Gasteiger partial charge in [0.15, 0.2) is 9.34 Å². The van der Waals surface area contributed by atoms with Crippen molar-refractivity contribution in [2.24, 2.45) is 5.90 Å². The summed E-state index contributed by atoms with van der Waals surface area (Å²) in [6.07, 6.45) is 0.464. The van der Waals surface area contributed by atoms with Crippen LogP contribution in [0.3, 0.4) is 0 Å². The molecule has 0 aliphatic heterocycles. The van der Waals surface area contributed by atoms with E-state index in [1.54, 1.807) is 6.92 Å². The zero-order valence-electron chi connectivity index (χ0n) is 10.6. The average molecular weight is 308 g/mol. The molecule has 1 aromatic heterocycles. The van der Waals surface area contributed by atoms with E-state index in [1.807, 2.05) is 0 Å². The van der Waals surface area contributed by atoms with Crippen molar-refractivity contribution in [2.75, 3.05) is 18.5 Å². The normalized spacial score (nSPS) is 11.5. The summed E-state index contributed by atoms with van der Waals surface area (Å²) in [4.78, 5) is 19.2. The number of nitrogens with two attached hydrogens (primary N) is 1. The van der Waals surface area contributed by atoms with Gasteiger partial charge in [-0.05, 0) is 13.3 Å². The molecule has 1 amide bonds. The third-order valence-electron chi connectivity index (χ3n) is 2.01. The number of nitrogens with zero attached hydrogens (tertiary/aromatic N) is 1. The number of carbonyl (C=O) groups excluding carboxylic acids is 1. The molecule has 0 bridgehead atoms. The smallest absolute Gasteiger partial charge is 0.252 e. The minimum atomic E-state index is -3.63. The molecule has 10 heteroatoms. The summed E-state index contributed by atoms with van der Waals surface area (Å²) in [5.74, 6) is 4.54. The first-order chi connectivity index (χ1) is 8.86. The van der Waals surface area contributed by atoms with Crippen molar-refractivity contribution in [2.45, 2.75) is 24.5 Å². The third kappa shape index (κ3) is 4.84. The van der Waals surface area contributed by atoms with Crippen LogP contribution < -0.4 is 15.9 Å². The molecule has 0 aromatic carbocycles. The lowest BCUT2D eigenvalue weighted by Gasteiger charge is -2.04. The van der Waals surface area contributed by atoms with Crippen LogP contribution in [0.5, 0.6) is 0 Å². The Morgan fingerprint density at radius 1 is 1.53 bits per heavy atom. The molecule has 0 fully saturated rings. The number of nitrogens with one attached hydrogen (secondary N) is 2. The fourth-order valence-corrected chi connectivity index (χ4v) is 3.84. The van der Waals surface area contributed by atoms with E-state index in [-0.39, 0.29) is 28.4 Å². The highest BCUT2D eigenvalue weighted by Crippen LogP contribution is 2.26. The highest BCUT2D eigenvalue weighted by atomic mass is 32.2. The highest BCUT2D eigenvalue weighted by Gasteiger charge is 2.21. The van der Waals surface area contributed by atoms with Gasteiger partial charge in [-0.2, -0.15) is 0 Å². The number of amides is 1. The van der Waals surface area contributed by atoms with Crippen molar-refractivity contribution >= 4 is 32.4 Å². The van der Waals surface area contributed by atoms with E-state index >= 15 is 0 Å². The van der Waals surface area contributed by atoms with Gasteiger partial charge in [-0.25, -0.2) is 24.0 Å². The first-order valence-corrected chi connectivity index (χ1v) is 7.73. The highest BCUT2D eigenvalue weighted by molar-refractivity contribution is 7.91. The van der Waals surface area contributed by atoms with E-state index in [0.29, 0.717) is 12.1 Å².